The van der Waals surface area contributed by atoms with E-state index in [4.69, 9.17) is 16.0 Å². The van der Waals surface area contributed by atoms with Gasteiger partial charge in [-0.1, -0.05) is 18.5 Å². The van der Waals surface area contributed by atoms with E-state index < -0.39 is 6.10 Å². The Labute approximate surface area is 175 Å². The molecule has 8 heteroatoms. The number of likely N-dealkylation sites (N-methyl/N-ethyl adjacent to an activating group) is 1. The highest BCUT2D eigenvalue weighted by Crippen LogP contribution is 2.26. The van der Waals surface area contributed by atoms with E-state index in [0.29, 0.717) is 16.9 Å². The number of hydrogen-bond acceptors (Lipinski definition) is 5. The molecule has 2 aromatic rings. The van der Waals surface area contributed by atoms with Gasteiger partial charge in [-0.3, -0.25) is 9.89 Å². The molecular weight excluding hydrogens is 396 g/mol. The van der Waals surface area contributed by atoms with Crippen molar-refractivity contribution in [1.29, 1.82) is 0 Å². The molecule has 1 saturated heterocycles. The first-order valence-corrected chi connectivity index (χ1v) is 11.1. The van der Waals surface area contributed by atoms with Crippen molar-refractivity contribution < 1.29 is 9.52 Å². The molecule has 1 aliphatic rings. The number of aliphatic imine (C=N–C) groups is 1. The van der Waals surface area contributed by atoms with Crippen LogP contribution in [0.5, 0.6) is 0 Å². The molecule has 0 spiro atoms. The molecule has 0 bridgehead atoms. The smallest absolute Gasteiger partial charge is 0.191 e. The topological polar surface area (TPSA) is 73.0 Å². The van der Waals surface area contributed by atoms with Gasteiger partial charge in [-0.2, -0.15) is 0 Å². The number of thiophene rings is 1. The Balaban J connectivity index is 1.55. The van der Waals surface area contributed by atoms with Crippen LogP contribution in [0.3, 0.4) is 0 Å². The van der Waals surface area contributed by atoms with Crippen LogP contribution in [0.25, 0.3) is 0 Å². The first-order valence-electron chi connectivity index (χ1n) is 9.87. The number of hydrogen-bond donors (Lipinski definition) is 3. The van der Waals surface area contributed by atoms with Gasteiger partial charge >= 0.3 is 0 Å². The highest BCUT2D eigenvalue weighted by Gasteiger charge is 2.22. The van der Waals surface area contributed by atoms with Crippen molar-refractivity contribution in [2.24, 2.45) is 4.99 Å². The average Bonchev–Trinajstić information content (AvgIpc) is 3.44. The first-order chi connectivity index (χ1) is 13.7. The van der Waals surface area contributed by atoms with Crippen LogP contribution in [0.4, 0.5) is 0 Å². The third kappa shape index (κ3) is 6.24. The summed E-state index contributed by atoms with van der Waals surface area (Å²) in [5, 5.41) is 17.2. The predicted octanol–water partition coefficient (Wildman–Crippen LogP) is 3.29. The number of halogens is 1. The third-order valence-corrected chi connectivity index (χ3v) is 6.33. The number of guanidine groups is 1. The predicted molar refractivity (Wildman–Crippen MR) is 115 cm³/mol. The number of likely N-dealkylation sites (tertiary alicyclic amines) is 1. The van der Waals surface area contributed by atoms with Crippen molar-refractivity contribution in [2.45, 2.75) is 38.3 Å². The zero-order chi connectivity index (χ0) is 19.8. The van der Waals surface area contributed by atoms with Crippen LogP contribution in [-0.4, -0.2) is 54.7 Å². The Morgan fingerprint density at radius 3 is 3.04 bits per heavy atom. The number of aliphatic hydroxyl groups is 1. The van der Waals surface area contributed by atoms with Crippen LogP contribution in [-0.2, 0) is 6.42 Å². The summed E-state index contributed by atoms with van der Waals surface area (Å²) in [4.78, 5) is 7.93. The normalized spacial score (nSPS) is 19.1. The number of rotatable bonds is 9. The quantitative estimate of drug-likeness (QED) is 0.425. The van der Waals surface area contributed by atoms with Gasteiger partial charge in [0.2, 0.25) is 0 Å². The van der Waals surface area contributed by atoms with Gasteiger partial charge in [0.05, 0.1) is 17.1 Å². The van der Waals surface area contributed by atoms with Gasteiger partial charge in [0.15, 0.2) is 5.96 Å². The van der Waals surface area contributed by atoms with Gasteiger partial charge in [-0.25, -0.2) is 0 Å². The van der Waals surface area contributed by atoms with Crippen molar-refractivity contribution in [2.75, 3.05) is 32.7 Å². The third-order valence-electron chi connectivity index (χ3n) is 5.00. The maximum absolute atomic E-state index is 10.4. The molecule has 3 heterocycles. The van der Waals surface area contributed by atoms with Crippen molar-refractivity contribution >= 4 is 28.9 Å². The summed E-state index contributed by atoms with van der Waals surface area (Å²) in [5.74, 6) is 1.66. The maximum atomic E-state index is 10.4. The van der Waals surface area contributed by atoms with Crippen molar-refractivity contribution in [1.82, 2.24) is 15.5 Å². The van der Waals surface area contributed by atoms with Crippen LogP contribution < -0.4 is 10.6 Å². The van der Waals surface area contributed by atoms with E-state index in [1.807, 2.05) is 18.2 Å². The van der Waals surface area contributed by atoms with Gasteiger partial charge in [0.25, 0.3) is 0 Å². The Morgan fingerprint density at radius 1 is 1.43 bits per heavy atom. The Kier molecular flexibility index (Phi) is 8.21. The van der Waals surface area contributed by atoms with Crippen LogP contribution in [0.15, 0.2) is 39.9 Å². The minimum absolute atomic E-state index is 0.287. The Bertz CT molecular complexity index is 734. The minimum Gasteiger partial charge on any atom is -0.469 e. The average molecular weight is 425 g/mol. The van der Waals surface area contributed by atoms with Gasteiger partial charge in [0.1, 0.15) is 11.9 Å². The van der Waals surface area contributed by atoms with E-state index in [9.17, 15) is 5.11 Å². The molecule has 2 aromatic heterocycles. The van der Waals surface area contributed by atoms with E-state index in [0.717, 1.165) is 36.1 Å². The lowest BCUT2D eigenvalue weighted by atomic mass is 10.2. The summed E-state index contributed by atoms with van der Waals surface area (Å²) in [5.41, 5.74) is 0. The number of aliphatic hydroxyl groups excluding tert-OH is 1. The summed E-state index contributed by atoms with van der Waals surface area (Å²) in [7, 11) is 0. The molecule has 6 nitrogen and oxygen atoms in total. The lowest BCUT2D eigenvalue weighted by Gasteiger charge is -2.24. The lowest BCUT2D eigenvalue weighted by Crippen LogP contribution is -2.45. The Morgan fingerprint density at radius 2 is 2.32 bits per heavy atom. The summed E-state index contributed by atoms with van der Waals surface area (Å²) in [6.45, 7) is 6.29. The fourth-order valence-electron chi connectivity index (χ4n) is 3.47. The standard InChI is InChI=1S/C20H29ClN4O2S/c1-2-25-11-3-5-15(25)13-23-20(22-10-9-16-6-4-12-27-16)24-14-17(26)18-7-8-19(21)28-18/h4,6-8,12,15,17,26H,2-3,5,9-11,13-14H2,1H3,(H2,22,23,24). The number of furan rings is 1. The SMILES string of the molecule is CCN1CCCC1CNC(=NCC(O)c1ccc(Cl)s1)NCCc1ccco1. The summed E-state index contributed by atoms with van der Waals surface area (Å²) in [6, 6.07) is 8.04. The van der Waals surface area contributed by atoms with E-state index in [1.54, 1.807) is 12.3 Å². The molecule has 154 valence electrons. The fourth-order valence-corrected chi connectivity index (χ4v) is 4.50. The molecular formula is C20H29ClN4O2S. The second kappa shape index (κ2) is 10.9. The van der Waals surface area contributed by atoms with E-state index in [1.165, 1.54) is 30.7 Å². The van der Waals surface area contributed by atoms with Crippen LogP contribution >= 0.6 is 22.9 Å². The largest absolute Gasteiger partial charge is 0.469 e. The number of nitrogens with zero attached hydrogens (tertiary/aromatic N) is 2. The maximum Gasteiger partial charge on any atom is 0.191 e. The monoisotopic (exact) mass is 424 g/mol. The van der Waals surface area contributed by atoms with Crippen molar-refractivity contribution in [3.63, 3.8) is 0 Å². The van der Waals surface area contributed by atoms with Gasteiger partial charge in [-0.15, -0.1) is 11.3 Å². The first kappa shape index (κ1) is 21.2. The molecule has 28 heavy (non-hydrogen) atoms. The lowest BCUT2D eigenvalue weighted by molar-refractivity contribution is 0.191. The van der Waals surface area contributed by atoms with Gasteiger partial charge < -0.3 is 20.2 Å². The fraction of sp³-hybridized carbons (Fsp3) is 0.550. The van der Waals surface area contributed by atoms with Crippen LogP contribution in [0.1, 0.15) is 36.5 Å². The highest BCUT2D eigenvalue weighted by atomic mass is 35.5. The molecule has 1 fully saturated rings. The molecule has 3 rings (SSSR count). The number of nitrogens with one attached hydrogen (secondary N) is 2. The second-order valence-electron chi connectivity index (χ2n) is 6.91. The molecule has 0 amide bonds. The zero-order valence-corrected chi connectivity index (χ0v) is 17.8. The van der Waals surface area contributed by atoms with Gasteiger partial charge in [-0.05, 0) is 50.2 Å². The van der Waals surface area contributed by atoms with E-state index >= 15 is 0 Å². The summed E-state index contributed by atoms with van der Waals surface area (Å²) in [6.07, 6.45) is 4.26. The van der Waals surface area contributed by atoms with Crippen molar-refractivity contribution in [3.05, 3.63) is 45.5 Å². The van der Waals surface area contributed by atoms with E-state index in [2.05, 4.69) is 27.4 Å². The second-order valence-corrected chi connectivity index (χ2v) is 8.66. The summed E-state index contributed by atoms with van der Waals surface area (Å²) < 4.78 is 6.06. The summed E-state index contributed by atoms with van der Waals surface area (Å²) >= 11 is 7.35. The molecule has 3 N–H and O–H groups in total. The molecule has 0 saturated carbocycles. The van der Waals surface area contributed by atoms with Crippen molar-refractivity contribution in [3.8, 4) is 0 Å². The highest BCUT2D eigenvalue weighted by molar-refractivity contribution is 7.16. The molecule has 0 radical (unpaired) electrons. The molecule has 2 unspecified atom stereocenters. The molecule has 0 aliphatic carbocycles. The minimum atomic E-state index is -0.653. The molecule has 1 aliphatic heterocycles. The van der Waals surface area contributed by atoms with Gasteiger partial charge in [0, 0.05) is 30.4 Å². The molecule has 0 aromatic carbocycles. The van der Waals surface area contributed by atoms with Crippen LogP contribution in [0.2, 0.25) is 4.34 Å². The van der Waals surface area contributed by atoms with E-state index in [-0.39, 0.29) is 6.54 Å². The Hall–Kier alpha value is -1.54. The zero-order valence-electron chi connectivity index (χ0n) is 16.2. The van der Waals surface area contributed by atoms with Crippen LogP contribution in [0, 0.1) is 0 Å². The molecule has 2 atom stereocenters.